The normalized spacial score (nSPS) is 13.4. The summed E-state index contributed by atoms with van der Waals surface area (Å²) >= 11 is 0. The lowest BCUT2D eigenvalue weighted by Gasteiger charge is -2.10. The van der Waals surface area contributed by atoms with Crippen LogP contribution in [0, 0.1) is 0 Å². The molecule has 1 N–H and O–H groups in total. The smallest absolute Gasteiger partial charge is 0.323 e. The summed E-state index contributed by atoms with van der Waals surface area (Å²) in [5.41, 5.74) is 0. The SMILES string of the molecule is COC(=O)C(C)NS(=O)(=O)c1ccn(C)c1. The minimum absolute atomic E-state index is 0.116. The van der Waals surface area contributed by atoms with Crippen LogP contribution in [0.4, 0.5) is 0 Å². The van der Waals surface area contributed by atoms with E-state index in [0.717, 1.165) is 0 Å². The van der Waals surface area contributed by atoms with Gasteiger partial charge >= 0.3 is 5.97 Å². The summed E-state index contributed by atoms with van der Waals surface area (Å²) in [5, 5.41) is 0. The van der Waals surface area contributed by atoms with E-state index in [-0.39, 0.29) is 4.90 Å². The van der Waals surface area contributed by atoms with Crippen molar-refractivity contribution < 1.29 is 17.9 Å². The van der Waals surface area contributed by atoms with Crippen LogP contribution in [0.1, 0.15) is 6.92 Å². The molecule has 0 aromatic carbocycles. The molecule has 16 heavy (non-hydrogen) atoms. The maximum Gasteiger partial charge on any atom is 0.323 e. The van der Waals surface area contributed by atoms with Gasteiger partial charge in [-0.1, -0.05) is 0 Å². The van der Waals surface area contributed by atoms with E-state index >= 15 is 0 Å². The molecule has 0 aliphatic heterocycles. The third-order valence-corrected chi connectivity index (χ3v) is 3.53. The Morgan fingerprint density at radius 2 is 2.19 bits per heavy atom. The van der Waals surface area contributed by atoms with Crippen molar-refractivity contribution >= 4 is 16.0 Å². The number of carbonyl (C=O) groups excluding carboxylic acids is 1. The summed E-state index contributed by atoms with van der Waals surface area (Å²) in [6.45, 7) is 1.42. The number of aromatic nitrogens is 1. The molecule has 1 rings (SSSR count). The summed E-state index contributed by atoms with van der Waals surface area (Å²) in [6.07, 6.45) is 3.06. The van der Waals surface area contributed by atoms with Crippen LogP contribution in [0.3, 0.4) is 0 Å². The predicted octanol–water partition coefficient (Wildman–Crippen LogP) is -0.135. The molecule has 0 aliphatic carbocycles. The van der Waals surface area contributed by atoms with Crippen LogP contribution in [0.5, 0.6) is 0 Å². The summed E-state index contributed by atoms with van der Waals surface area (Å²) in [7, 11) is -0.750. The zero-order valence-corrected chi connectivity index (χ0v) is 10.1. The molecule has 0 bridgehead atoms. The first-order chi connectivity index (χ1) is 7.36. The monoisotopic (exact) mass is 246 g/mol. The highest BCUT2D eigenvalue weighted by atomic mass is 32.2. The van der Waals surface area contributed by atoms with E-state index in [1.165, 1.54) is 26.3 Å². The summed E-state index contributed by atoms with van der Waals surface area (Å²) in [5.74, 6) is -0.625. The molecule has 1 unspecified atom stereocenters. The lowest BCUT2D eigenvalue weighted by atomic mass is 10.4. The zero-order valence-electron chi connectivity index (χ0n) is 9.30. The molecule has 0 saturated carbocycles. The highest BCUT2D eigenvalue weighted by Gasteiger charge is 2.22. The molecule has 0 aliphatic rings. The number of methoxy groups -OCH3 is 1. The van der Waals surface area contributed by atoms with Crippen molar-refractivity contribution in [1.29, 1.82) is 0 Å². The maximum absolute atomic E-state index is 11.7. The predicted molar refractivity (Wildman–Crippen MR) is 57.2 cm³/mol. The second-order valence-electron chi connectivity index (χ2n) is 3.38. The van der Waals surface area contributed by atoms with E-state index < -0.39 is 22.0 Å². The number of aryl methyl sites for hydroxylation is 1. The Balaban J connectivity index is 2.84. The Hall–Kier alpha value is -1.34. The summed E-state index contributed by atoms with van der Waals surface area (Å²) < 4.78 is 31.7. The molecular formula is C9H14N2O4S. The maximum atomic E-state index is 11.7. The number of rotatable bonds is 4. The minimum Gasteiger partial charge on any atom is -0.468 e. The van der Waals surface area contributed by atoms with Crippen LogP contribution >= 0.6 is 0 Å². The van der Waals surface area contributed by atoms with E-state index in [9.17, 15) is 13.2 Å². The Morgan fingerprint density at radius 1 is 1.56 bits per heavy atom. The van der Waals surface area contributed by atoms with Gasteiger partial charge < -0.3 is 9.30 Å². The average molecular weight is 246 g/mol. The van der Waals surface area contributed by atoms with Gasteiger partial charge in [-0.05, 0) is 13.0 Å². The fourth-order valence-corrected chi connectivity index (χ4v) is 2.41. The zero-order chi connectivity index (χ0) is 12.3. The molecule has 0 saturated heterocycles. The minimum atomic E-state index is -3.67. The number of nitrogens with zero attached hydrogens (tertiary/aromatic N) is 1. The summed E-state index contributed by atoms with van der Waals surface area (Å²) in [6, 6.07) is 0.544. The molecule has 0 spiro atoms. The van der Waals surface area contributed by atoms with Crippen molar-refractivity contribution in [3.63, 3.8) is 0 Å². The number of hydrogen-bond acceptors (Lipinski definition) is 4. The van der Waals surface area contributed by atoms with Gasteiger partial charge in [0.05, 0.1) is 12.0 Å². The second kappa shape index (κ2) is 4.67. The number of hydrogen-bond donors (Lipinski definition) is 1. The number of ether oxygens (including phenoxy) is 1. The van der Waals surface area contributed by atoms with Crippen LogP contribution < -0.4 is 4.72 Å². The molecule has 1 aromatic rings. The van der Waals surface area contributed by atoms with Crippen molar-refractivity contribution in [2.45, 2.75) is 17.9 Å². The van der Waals surface area contributed by atoms with E-state index in [1.54, 1.807) is 17.8 Å². The van der Waals surface area contributed by atoms with Crippen molar-refractivity contribution in [1.82, 2.24) is 9.29 Å². The molecule has 1 heterocycles. The van der Waals surface area contributed by atoms with Gasteiger partial charge in [-0.15, -0.1) is 0 Å². The van der Waals surface area contributed by atoms with Crippen LogP contribution in [0.15, 0.2) is 23.4 Å². The Kier molecular flexibility index (Phi) is 3.71. The Morgan fingerprint density at radius 3 is 2.62 bits per heavy atom. The standard InChI is InChI=1S/C9H14N2O4S/c1-7(9(12)15-3)10-16(13,14)8-4-5-11(2)6-8/h4-7,10H,1-3H3. The number of carbonyl (C=O) groups is 1. The number of nitrogens with one attached hydrogen (secondary N) is 1. The quantitative estimate of drug-likeness (QED) is 0.750. The summed E-state index contributed by atoms with van der Waals surface area (Å²) in [4.78, 5) is 11.2. The van der Waals surface area contributed by atoms with E-state index in [4.69, 9.17) is 0 Å². The first-order valence-electron chi connectivity index (χ1n) is 4.59. The van der Waals surface area contributed by atoms with E-state index in [2.05, 4.69) is 9.46 Å². The van der Waals surface area contributed by atoms with Gasteiger partial charge in [0.1, 0.15) is 6.04 Å². The first-order valence-corrected chi connectivity index (χ1v) is 6.07. The van der Waals surface area contributed by atoms with Gasteiger partial charge in [-0.2, -0.15) is 4.72 Å². The van der Waals surface area contributed by atoms with Crippen molar-refractivity contribution in [3.05, 3.63) is 18.5 Å². The molecule has 90 valence electrons. The Bertz CT molecular complexity index is 477. The van der Waals surface area contributed by atoms with Gasteiger partial charge in [0.25, 0.3) is 0 Å². The lowest BCUT2D eigenvalue weighted by molar-refractivity contribution is -0.142. The Labute approximate surface area is 94.3 Å². The van der Waals surface area contributed by atoms with Crippen LogP contribution in [0.25, 0.3) is 0 Å². The van der Waals surface area contributed by atoms with Gasteiger partial charge in [-0.25, -0.2) is 8.42 Å². The lowest BCUT2D eigenvalue weighted by Crippen LogP contribution is -2.38. The van der Waals surface area contributed by atoms with Crippen LogP contribution in [-0.2, 0) is 26.6 Å². The largest absolute Gasteiger partial charge is 0.468 e. The average Bonchev–Trinajstić information content (AvgIpc) is 2.63. The molecule has 0 amide bonds. The van der Waals surface area contributed by atoms with Gasteiger partial charge in [-0.3, -0.25) is 4.79 Å². The first kappa shape index (κ1) is 12.7. The van der Waals surface area contributed by atoms with Gasteiger partial charge in [0, 0.05) is 19.4 Å². The van der Waals surface area contributed by atoms with Crippen molar-refractivity contribution in [2.24, 2.45) is 7.05 Å². The third-order valence-electron chi connectivity index (χ3n) is 2.00. The molecule has 1 aromatic heterocycles. The number of sulfonamides is 1. The molecule has 7 heteroatoms. The fraction of sp³-hybridized carbons (Fsp3) is 0.444. The van der Waals surface area contributed by atoms with E-state index in [1.807, 2.05) is 0 Å². The highest BCUT2D eigenvalue weighted by molar-refractivity contribution is 7.89. The third kappa shape index (κ3) is 2.83. The topological polar surface area (TPSA) is 77.4 Å². The van der Waals surface area contributed by atoms with Gasteiger partial charge in [0.15, 0.2) is 0 Å². The van der Waals surface area contributed by atoms with Crippen molar-refractivity contribution in [3.8, 4) is 0 Å². The molecule has 0 fully saturated rings. The molecule has 6 nitrogen and oxygen atoms in total. The second-order valence-corrected chi connectivity index (χ2v) is 5.09. The van der Waals surface area contributed by atoms with Crippen molar-refractivity contribution in [2.75, 3.05) is 7.11 Å². The van der Waals surface area contributed by atoms with Crippen LogP contribution in [0.2, 0.25) is 0 Å². The molecular weight excluding hydrogens is 232 g/mol. The van der Waals surface area contributed by atoms with Crippen LogP contribution in [-0.4, -0.2) is 32.1 Å². The van der Waals surface area contributed by atoms with E-state index in [0.29, 0.717) is 0 Å². The molecule has 1 atom stereocenters. The van der Waals surface area contributed by atoms with Gasteiger partial charge in [0.2, 0.25) is 10.0 Å². The fourth-order valence-electron chi connectivity index (χ4n) is 1.16. The number of esters is 1. The highest BCUT2D eigenvalue weighted by Crippen LogP contribution is 2.09. The molecule has 0 radical (unpaired) electrons.